The molecule has 1 unspecified atom stereocenters. The monoisotopic (exact) mass is 262 g/mol. The van der Waals surface area contributed by atoms with E-state index in [2.05, 4.69) is 58.6 Å². The third kappa shape index (κ3) is 2.73. The highest BCUT2D eigenvalue weighted by molar-refractivity contribution is 8.00. The van der Waals surface area contributed by atoms with Gasteiger partial charge in [0.1, 0.15) is 0 Å². The van der Waals surface area contributed by atoms with Crippen molar-refractivity contribution in [1.82, 2.24) is 10.2 Å². The van der Waals surface area contributed by atoms with E-state index in [1.54, 1.807) is 0 Å². The maximum absolute atomic E-state index is 3.64. The Morgan fingerprint density at radius 1 is 1.33 bits per heavy atom. The lowest BCUT2D eigenvalue weighted by Crippen LogP contribution is -2.48. The van der Waals surface area contributed by atoms with Crippen molar-refractivity contribution in [3.05, 3.63) is 35.9 Å². The number of nitrogens with zero attached hydrogens (tertiary/aromatic N) is 1. The van der Waals surface area contributed by atoms with Gasteiger partial charge in [-0.1, -0.05) is 30.3 Å². The maximum Gasteiger partial charge on any atom is 0.0449 e. The molecule has 1 aliphatic heterocycles. The zero-order valence-corrected chi connectivity index (χ0v) is 11.9. The second-order valence-corrected chi connectivity index (χ2v) is 6.81. The molecule has 1 aromatic carbocycles. The Balaban J connectivity index is 1.62. The first-order chi connectivity index (χ1) is 8.81. The van der Waals surface area contributed by atoms with Gasteiger partial charge in [-0.3, -0.25) is 4.90 Å². The summed E-state index contributed by atoms with van der Waals surface area (Å²) in [5, 5.41) is 3.64. The van der Waals surface area contributed by atoms with Gasteiger partial charge in [0, 0.05) is 37.0 Å². The Kier molecular flexibility index (Phi) is 3.64. The van der Waals surface area contributed by atoms with Crippen LogP contribution in [-0.4, -0.2) is 42.1 Å². The summed E-state index contributed by atoms with van der Waals surface area (Å²) in [7, 11) is 0. The molecule has 0 aromatic heterocycles. The van der Waals surface area contributed by atoms with Crippen molar-refractivity contribution < 1.29 is 0 Å². The Labute approximate surface area is 114 Å². The van der Waals surface area contributed by atoms with Gasteiger partial charge in [0.15, 0.2) is 0 Å². The Hall–Kier alpha value is -0.510. The van der Waals surface area contributed by atoms with Crippen molar-refractivity contribution in [1.29, 1.82) is 0 Å². The summed E-state index contributed by atoms with van der Waals surface area (Å²) in [4.78, 5) is 2.65. The minimum atomic E-state index is 0.512. The number of hydrogen-bond acceptors (Lipinski definition) is 3. The fourth-order valence-electron chi connectivity index (χ4n) is 2.84. The number of thioether (sulfide) groups is 1. The summed E-state index contributed by atoms with van der Waals surface area (Å²) >= 11 is 2.07. The molecule has 2 fully saturated rings. The second kappa shape index (κ2) is 5.24. The van der Waals surface area contributed by atoms with Gasteiger partial charge in [-0.25, -0.2) is 0 Å². The highest BCUT2D eigenvalue weighted by atomic mass is 32.2. The SMILES string of the molecule is CSC1(CN2CCNC(c3ccccc3)C2)CC1. The van der Waals surface area contributed by atoms with Gasteiger partial charge >= 0.3 is 0 Å². The molecule has 0 amide bonds. The molecule has 3 rings (SSSR count). The average molecular weight is 262 g/mol. The molecule has 2 nitrogen and oxygen atoms in total. The van der Waals surface area contributed by atoms with Gasteiger partial charge in [0.05, 0.1) is 0 Å². The second-order valence-electron chi connectivity index (χ2n) is 5.54. The fraction of sp³-hybridized carbons (Fsp3) is 0.600. The van der Waals surface area contributed by atoms with Gasteiger partial charge in [-0.2, -0.15) is 11.8 Å². The lowest BCUT2D eigenvalue weighted by molar-refractivity contribution is 0.199. The van der Waals surface area contributed by atoms with Crippen LogP contribution in [0.2, 0.25) is 0 Å². The Bertz CT molecular complexity index is 389. The molecular formula is C15H22N2S. The van der Waals surface area contributed by atoms with E-state index in [-0.39, 0.29) is 0 Å². The van der Waals surface area contributed by atoms with Crippen LogP contribution in [0.5, 0.6) is 0 Å². The van der Waals surface area contributed by atoms with E-state index in [1.165, 1.54) is 31.5 Å². The molecule has 1 aromatic rings. The number of benzene rings is 1. The van der Waals surface area contributed by atoms with Crippen LogP contribution in [0, 0.1) is 0 Å². The van der Waals surface area contributed by atoms with Crippen LogP contribution < -0.4 is 5.32 Å². The molecule has 3 heteroatoms. The van der Waals surface area contributed by atoms with E-state index in [9.17, 15) is 0 Å². The molecule has 1 N–H and O–H groups in total. The molecule has 1 aliphatic carbocycles. The Morgan fingerprint density at radius 3 is 2.78 bits per heavy atom. The smallest absolute Gasteiger partial charge is 0.0449 e. The van der Waals surface area contributed by atoms with Crippen LogP contribution in [0.25, 0.3) is 0 Å². The number of rotatable bonds is 4. The normalized spacial score (nSPS) is 27.1. The van der Waals surface area contributed by atoms with E-state index in [0.717, 1.165) is 13.1 Å². The van der Waals surface area contributed by atoms with Crippen molar-refractivity contribution in [3.63, 3.8) is 0 Å². The summed E-state index contributed by atoms with van der Waals surface area (Å²) in [5.41, 5.74) is 1.43. The van der Waals surface area contributed by atoms with Gasteiger partial charge in [0.25, 0.3) is 0 Å². The van der Waals surface area contributed by atoms with Gasteiger partial charge in [0.2, 0.25) is 0 Å². The standard InChI is InChI=1S/C15H22N2S/c1-18-15(7-8-15)12-17-10-9-16-14(11-17)13-5-3-2-4-6-13/h2-6,14,16H,7-12H2,1H3. The molecule has 1 atom stereocenters. The molecule has 18 heavy (non-hydrogen) atoms. The first kappa shape index (κ1) is 12.5. The van der Waals surface area contributed by atoms with Crippen LogP contribution in [0.1, 0.15) is 24.4 Å². The average Bonchev–Trinajstić information content (AvgIpc) is 3.20. The van der Waals surface area contributed by atoms with Crippen molar-refractivity contribution >= 4 is 11.8 Å². The quantitative estimate of drug-likeness (QED) is 0.897. The van der Waals surface area contributed by atoms with Gasteiger partial charge < -0.3 is 5.32 Å². The lowest BCUT2D eigenvalue weighted by Gasteiger charge is -2.35. The van der Waals surface area contributed by atoms with Crippen LogP contribution >= 0.6 is 11.8 Å². The van der Waals surface area contributed by atoms with Crippen LogP contribution in [0.15, 0.2) is 30.3 Å². The molecule has 98 valence electrons. The maximum atomic E-state index is 3.64. The fourth-order valence-corrected chi connectivity index (χ4v) is 3.66. The van der Waals surface area contributed by atoms with E-state index in [4.69, 9.17) is 0 Å². The van der Waals surface area contributed by atoms with Gasteiger partial charge in [-0.15, -0.1) is 0 Å². The van der Waals surface area contributed by atoms with E-state index in [0.29, 0.717) is 10.8 Å². The summed E-state index contributed by atoms with van der Waals surface area (Å²) in [6.45, 7) is 4.75. The topological polar surface area (TPSA) is 15.3 Å². The summed E-state index contributed by atoms with van der Waals surface area (Å²) in [5.74, 6) is 0. The van der Waals surface area contributed by atoms with Crippen LogP contribution in [-0.2, 0) is 0 Å². The van der Waals surface area contributed by atoms with Crippen molar-refractivity contribution in [2.45, 2.75) is 23.6 Å². The highest BCUT2D eigenvalue weighted by Crippen LogP contribution is 2.47. The molecular weight excluding hydrogens is 240 g/mol. The first-order valence-electron chi connectivity index (χ1n) is 6.87. The largest absolute Gasteiger partial charge is 0.308 e. The minimum Gasteiger partial charge on any atom is -0.308 e. The lowest BCUT2D eigenvalue weighted by atomic mass is 10.0. The van der Waals surface area contributed by atoms with E-state index in [1.807, 2.05) is 0 Å². The predicted octanol–water partition coefficient (Wildman–Crippen LogP) is 2.53. The summed E-state index contributed by atoms with van der Waals surface area (Å²) in [6, 6.07) is 11.4. The molecule has 0 radical (unpaired) electrons. The minimum absolute atomic E-state index is 0.512. The highest BCUT2D eigenvalue weighted by Gasteiger charge is 2.43. The molecule has 0 spiro atoms. The zero-order chi connectivity index (χ0) is 12.4. The zero-order valence-electron chi connectivity index (χ0n) is 11.1. The molecule has 1 saturated heterocycles. The van der Waals surface area contributed by atoms with Gasteiger partial charge in [-0.05, 0) is 24.7 Å². The summed E-state index contributed by atoms with van der Waals surface area (Å²) < 4.78 is 0.596. The molecule has 0 bridgehead atoms. The Morgan fingerprint density at radius 2 is 2.11 bits per heavy atom. The molecule has 1 heterocycles. The number of nitrogens with one attached hydrogen (secondary N) is 1. The summed E-state index contributed by atoms with van der Waals surface area (Å²) in [6.07, 6.45) is 5.09. The third-order valence-corrected chi connectivity index (χ3v) is 5.62. The molecule has 1 saturated carbocycles. The van der Waals surface area contributed by atoms with Crippen molar-refractivity contribution in [2.75, 3.05) is 32.4 Å². The van der Waals surface area contributed by atoms with Crippen LogP contribution in [0.4, 0.5) is 0 Å². The number of hydrogen-bond donors (Lipinski definition) is 1. The molecule has 2 aliphatic rings. The van der Waals surface area contributed by atoms with Crippen molar-refractivity contribution in [2.24, 2.45) is 0 Å². The van der Waals surface area contributed by atoms with Crippen LogP contribution in [0.3, 0.4) is 0 Å². The van der Waals surface area contributed by atoms with Crippen molar-refractivity contribution in [3.8, 4) is 0 Å². The first-order valence-corrected chi connectivity index (χ1v) is 8.10. The van der Waals surface area contributed by atoms with E-state index < -0.39 is 0 Å². The number of piperazine rings is 1. The van der Waals surface area contributed by atoms with E-state index >= 15 is 0 Å². The third-order valence-electron chi connectivity index (χ3n) is 4.21. The predicted molar refractivity (Wildman–Crippen MR) is 79.1 cm³/mol.